The molecule has 0 radical (unpaired) electrons. The lowest BCUT2D eigenvalue weighted by atomic mass is 10.1. The summed E-state index contributed by atoms with van der Waals surface area (Å²) in [5.41, 5.74) is -0.0733. The number of ether oxygens (including phenoxy) is 1. The summed E-state index contributed by atoms with van der Waals surface area (Å²) in [5.74, 6) is -2.19. The van der Waals surface area contributed by atoms with Crippen LogP contribution < -0.4 is 4.74 Å². The minimum atomic E-state index is -3.14. The summed E-state index contributed by atoms with van der Waals surface area (Å²) in [4.78, 5) is 10.9. The van der Waals surface area contributed by atoms with Gasteiger partial charge in [-0.05, 0) is 13.0 Å². The lowest BCUT2D eigenvalue weighted by Gasteiger charge is -2.07. The smallest absolute Gasteiger partial charge is 0.387 e. The van der Waals surface area contributed by atoms with Crippen LogP contribution in [0.5, 0.6) is 5.75 Å². The first kappa shape index (κ1) is 11.8. The second-order valence-electron chi connectivity index (χ2n) is 2.70. The Labute approximate surface area is 88.6 Å². The predicted octanol–water partition coefficient (Wildman–Crippen LogP) is 3.28. The van der Waals surface area contributed by atoms with E-state index in [9.17, 15) is 18.0 Å². The van der Waals surface area contributed by atoms with Crippen LogP contribution in [0.4, 0.5) is 13.2 Å². The van der Waals surface area contributed by atoms with E-state index in [2.05, 4.69) is 4.74 Å². The van der Waals surface area contributed by atoms with Crippen LogP contribution in [-0.4, -0.2) is 12.4 Å². The van der Waals surface area contributed by atoms with E-state index in [1.807, 2.05) is 0 Å². The Balaban J connectivity index is 3.13. The average Bonchev–Trinajstić information content (AvgIpc) is 2.09. The lowest BCUT2D eigenvalue weighted by molar-refractivity contribution is -0.0521. The van der Waals surface area contributed by atoms with Crippen LogP contribution >= 0.6 is 11.6 Å². The summed E-state index contributed by atoms with van der Waals surface area (Å²) in [6.07, 6.45) is 0. The topological polar surface area (TPSA) is 26.3 Å². The molecule has 1 rings (SSSR count). The molecule has 0 unspecified atom stereocenters. The molecule has 2 nitrogen and oxygen atoms in total. The standard InChI is InChI=1S/C9H6ClF3O2/c1-4(14)5-2-7(11)8(3-6(5)10)15-9(12)13/h2-3,9H,1H3. The maximum atomic E-state index is 13.1. The molecule has 0 aliphatic carbocycles. The number of hydrogen-bond acceptors (Lipinski definition) is 2. The molecular weight excluding hydrogens is 233 g/mol. The van der Waals surface area contributed by atoms with Gasteiger partial charge in [0.2, 0.25) is 0 Å². The minimum Gasteiger partial charge on any atom is -0.432 e. The molecule has 1 aromatic rings. The fourth-order valence-electron chi connectivity index (χ4n) is 0.985. The molecule has 0 saturated heterocycles. The number of hydrogen-bond donors (Lipinski definition) is 0. The van der Waals surface area contributed by atoms with Gasteiger partial charge in [-0.1, -0.05) is 11.6 Å². The van der Waals surface area contributed by atoms with Crippen molar-refractivity contribution in [2.75, 3.05) is 0 Å². The van der Waals surface area contributed by atoms with E-state index in [1.165, 1.54) is 6.92 Å². The largest absolute Gasteiger partial charge is 0.432 e. The molecule has 0 atom stereocenters. The third kappa shape index (κ3) is 2.86. The van der Waals surface area contributed by atoms with Crippen LogP contribution in [0.3, 0.4) is 0 Å². The molecule has 0 saturated carbocycles. The predicted molar refractivity (Wildman–Crippen MR) is 48.0 cm³/mol. The molecule has 0 aliphatic heterocycles. The Hall–Kier alpha value is -1.23. The number of carbonyl (C=O) groups excluding carboxylic acids is 1. The molecule has 1 aromatic carbocycles. The highest BCUT2D eigenvalue weighted by Crippen LogP contribution is 2.27. The molecule has 82 valence electrons. The Morgan fingerprint density at radius 3 is 2.53 bits per heavy atom. The highest BCUT2D eigenvalue weighted by Gasteiger charge is 2.15. The Bertz CT molecular complexity index is 393. The number of benzene rings is 1. The first-order valence-corrected chi connectivity index (χ1v) is 4.24. The van der Waals surface area contributed by atoms with E-state index in [1.54, 1.807) is 0 Å². The molecule has 0 aromatic heterocycles. The van der Waals surface area contributed by atoms with Gasteiger partial charge in [-0.2, -0.15) is 8.78 Å². The molecule has 0 aliphatic rings. The summed E-state index contributed by atoms with van der Waals surface area (Å²) in [6.45, 7) is -1.95. The number of carbonyl (C=O) groups is 1. The number of ketones is 1. The van der Waals surface area contributed by atoms with Crippen molar-refractivity contribution in [1.29, 1.82) is 0 Å². The quantitative estimate of drug-likeness (QED) is 0.756. The van der Waals surface area contributed by atoms with Gasteiger partial charge in [0.05, 0.1) is 5.02 Å². The van der Waals surface area contributed by atoms with Crippen molar-refractivity contribution in [1.82, 2.24) is 0 Å². The van der Waals surface area contributed by atoms with E-state index in [0.29, 0.717) is 0 Å². The Morgan fingerprint density at radius 1 is 1.47 bits per heavy atom. The van der Waals surface area contributed by atoms with E-state index in [-0.39, 0.29) is 10.6 Å². The van der Waals surface area contributed by atoms with Gasteiger partial charge < -0.3 is 4.74 Å². The molecule has 0 fully saturated rings. The zero-order valence-corrected chi connectivity index (χ0v) is 8.32. The average molecular weight is 239 g/mol. The van der Waals surface area contributed by atoms with Gasteiger partial charge in [0.25, 0.3) is 0 Å². The molecule has 0 N–H and O–H groups in total. The van der Waals surface area contributed by atoms with Gasteiger partial charge in [0, 0.05) is 11.6 Å². The molecule has 0 spiro atoms. The molecule has 0 heterocycles. The summed E-state index contributed by atoms with van der Waals surface area (Å²) >= 11 is 5.57. The van der Waals surface area contributed by atoms with Gasteiger partial charge >= 0.3 is 6.61 Å². The Morgan fingerprint density at radius 2 is 2.07 bits per heavy atom. The molecule has 6 heteroatoms. The van der Waals surface area contributed by atoms with Gasteiger partial charge in [-0.3, -0.25) is 4.79 Å². The van der Waals surface area contributed by atoms with Crippen molar-refractivity contribution in [3.05, 3.63) is 28.5 Å². The van der Waals surface area contributed by atoms with Crippen LogP contribution in [0.2, 0.25) is 5.02 Å². The molecule has 0 amide bonds. The second kappa shape index (κ2) is 4.53. The van der Waals surface area contributed by atoms with E-state index < -0.39 is 24.0 Å². The van der Waals surface area contributed by atoms with Crippen LogP contribution in [0.15, 0.2) is 12.1 Å². The monoisotopic (exact) mass is 238 g/mol. The van der Waals surface area contributed by atoms with Crippen LogP contribution in [-0.2, 0) is 0 Å². The molecular formula is C9H6ClF3O2. The fraction of sp³-hybridized carbons (Fsp3) is 0.222. The van der Waals surface area contributed by atoms with Crippen molar-refractivity contribution in [3.63, 3.8) is 0 Å². The van der Waals surface area contributed by atoms with Crippen molar-refractivity contribution in [2.24, 2.45) is 0 Å². The second-order valence-corrected chi connectivity index (χ2v) is 3.10. The third-order valence-corrected chi connectivity index (χ3v) is 1.93. The molecule has 0 bridgehead atoms. The van der Waals surface area contributed by atoms with Gasteiger partial charge in [0.15, 0.2) is 17.3 Å². The van der Waals surface area contributed by atoms with E-state index in [0.717, 1.165) is 12.1 Å². The first-order chi connectivity index (χ1) is 6.91. The van der Waals surface area contributed by atoms with Crippen molar-refractivity contribution in [3.8, 4) is 5.75 Å². The van der Waals surface area contributed by atoms with Crippen molar-refractivity contribution in [2.45, 2.75) is 13.5 Å². The zero-order valence-electron chi connectivity index (χ0n) is 7.56. The minimum absolute atomic E-state index is 0.0733. The van der Waals surface area contributed by atoms with Gasteiger partial charge in [-0.15, -0.1) is 0 Å². The lowest BCUT2D eigenvalue weighted by Crippen LogP contribution is -2.05. The highest BCUT2D eigenvalue weighted by molar-refractivity contribution is 6.34. The van der Waals surface area contributed by atoms with Crippen LogP contribution in [0, 0.1) is 5.82 Å². The maximum Gasteiger partial charge on any atom is 0.387 e. The fourth-order valence-corrected chi connectivity index (χ4v) is 1.27. The SMILES string of the molecule is CC(=O)c1cc(F)c(OC(F)F)cc1Cl. The van der Waals surface area contributed by atoms with Crippen molar-refractivity contribution < 1.29 is 22.7 Å². The Kier molecular flexibility index (Phi) is 3.57. The summed E-state index contributed by atoms with van der Waals surface area (Å²) in [5, 5.41) is -0.125. The van der Waals surface area contributed by atoms with E-state index in [4.69, 9.17) is 11.6 Å². The van der Waals surface area contributed by atoms with Crippen LogP contribution in [0.25, 0.3) is 0 Å². The number of Topliss-reactive ketones (excluding diaryl/α,β-unsaturated/α-hetero) is 1. The maximum absolute atomic E-state index is 13.1. The number of rotatable bonds is 3. The highest BCUT2D eigenvalue weighted by atomic mass is 35.5. The van der Waals surface area contributed by atoms with Crippen molar-refractivity contribution >= 4 is 17.4 Å². The van der Waals surface area contributed by atoms with Gasteiger partial charge in [0.1, 0.15) is 0 Å². The summed E-state index contributed by atoms with van der Waals surface area (Å²) in [6, 6.07) is 1.61. The molecule has 15 heavy (non-hydrogen) atoms. The first-order valence-electron chi connectivity index (χ1n) is 3.86. The normalized spacial score (nSPS) is 10.5. The van der Waals surface area contributed by atoms with E-state index >= 15 is 0 Å². The number of alkyl halides is 2. The number of halogens is 4. The van der Waals surface area contributed by atoms with Crippen LogP contribution in [0.1, 0.15) is 17.3 Å². The zero-order chi connectivity index (χ0) is 11.6. The summed E-state index contributed by atoms with van der Waals surface area (Å²) in [7, 11) is 0. The third-order valence-electron chi connectivity index (χ3n) is 1.62. The summed E-state index contributed by atoms with van der Waals surface area (Å²) < 4.78 is 40.5. The van der Waals surface area contributed by atoms with Gasteiger partial charge in [-0.25, -0.2) is 4.39 Å².